The molecule has 0 bridgehead atoms. The Hall–Kier alpha value is -3.56. The number of fused-ring (bicyclic) bond motifs is 1. The fourth-order valence-electron chi connectivity index (χ4n) is 3.86. The van der Waals surface area contributed by atoms with E-state index in [1.807, 2.05) is 6.92 Å². The molecular formula is C22H18F4N4O2. The van der Waals surface area contributed by atoms with Gasteiger partial charge in [0.05, 0.1) is 41.2 Å². The zero-order valence-corrected chi connectivity index (χ0v) is 17.1. The summed E-state index contributed by atoms with van der Waals surface area (Å²) in [5, 5.41) is 6.78. The van der Waals surface area contributed by atoms with E-state index < -0.39 is 29.4 Å². The van der Waals surface area contributed by atoms with Gasteiger partial charge in [0.2, 0.25) is 0 Å². The van der Waals surface area contributed by atoms with Crippen molar-refractivity contribution in [1.29, 1.82) is 0 Å². The molecule has 1 aromatic carbocycles. The van der Waals surface area contributed by atoms with Gasteiger partial charge in [0.15, 0.2) is 5.78 Å². The Kier molecular flexibility index (Phi) is 5.31. The lowest BCUT2D eigenvalue weighted by atomic mass is 9.84. The van der Waals surface area contributed by atoms with Gasteiger partial charge in [0.25, 0.3) is 5.91 Å². The van der Waals surface area contributed by atoms with Gasteiger partial charge < -0.3 is 5.32 Å². The molecule has 0 radical (unpaired) electrons. The molecule has 1 aliphatic heterocycles. The van der Waals surface area contributed by atoms with Crippen LogP contribution in [0.3, 0.4) is 0 Å². The third kappa shape index (κ3) is 3.76. The molecule has 1 N–H and O–H groups in total. The van der Waals surface area contributed by atoms with E-state index >= 15 is 0 Å². The monoisotopic (exact) mass is 446 g/mol. The van der Waals surface area contributed by atoms with Gasteiger partial charge in [-0.2, -0.15) is 18.3 Å². The molecule has 2 aromatic heterocycles. The molecule has 0 spiro atoms. The number of aromatic nitrogens is 3. The molecule has 0 aliphatic carbocycles. The number of nitrogens with one attached hydrogen (secondary N) is 1. The molecule has 1 unspecified atom stereocenters. The molecule has 1 aliphatic rings. The molecule has 0 fully saturated rings. The summed E-state index contributed by atoms with van der Waals surface area (Å²) in [7, 11) is 0. The van der Waals surface area contributed by atoms with Crippen molar-refractivity contribution in [3.05, 3.63) is 76.6 Å². The zero-order valence-electron chi connectivity index (χ0n) is 17.1. The minimum absolute atomic E-state index is 0.0144. The maximum absolute atomic E-state index is 13.8. The van der Waals surface area contributed by atoms with E-state index in [1.54, 1.807) is 0 Å². The van der Waals surface area contributed by atoms with Gasteiger partial charge in [0.1, 0.15) is 11.5 Å². The molecule has 3 heterocycles. The number of anilines is 1. The summed E-state index contributed by atoms with van der Waals surface area (Å²) in [6.45, 7) is 3.26. The van der Waals surface area contributed by atoms with Gasteiger partial charge in [0, 0.05) is 11.8 Å². The van der Waals surface area contributed by atoms with E-state index in [0.717, 1.165) is 18.3 Å². The fraction of sp³-hybridized carbons (Fsp3) is 0.273. The van der Waals surface area contributed by atoms with Crippen LogP contribution in [0.1, 0.15) is 62.8 Å². The van der Waals surface area contributed by atoms with Crippen LogP contribution in [-0.4, -0.2) is 26.5 Å². The Morgan fingerprint density at radius 3 is 2.50 bits per heavy atom. The highest BCUT2D eigenvalue weighted by atomic mass is 19.4. The highest BCUT2D eigenvalue weighted by Gasteiger charge is 2.37. The number of alkyl halides is 3. The average Bonchev–Trinajstić information content (AvgIpc) is 3.16. The lowest BCUT2D eigenvalue weighted by Crippen LogP contribution is -2.29. The SMILES string of the molecule is Cc1c(F)cncc1C(=O)Nc1cnn2c1C(=O)C(c1ccc(C(F)(F)F)cc1)C[C@@H]2C. The molecule has 4 rings (SSSR count). The number of rotatable bonds is 3. The standard InChI is InChI=1S/C22H18F4N4O2/c1-11-7-15(13-3-5-14(6-4-13)22(24,25)26)20(31)19-18(10-28-30(11)19)29-21(32)16-8-27-9-17(23)12(16)2/h3-6,8-11,15H,7H2,1-2H3,(H,29,32)/t11-,15?/m0/s1. The summed E-state index contributed by atoms with van der Waals surface area (Å²) in [5.41, 5.74) is 0.0666. The van der Waals surface area contributed by atoms with Crippen molar-refractivity contribution in [2.45, 2.75) is 38.4 Å². The Morgan fingerprint density at radius 1 is 1.16 bits per heavy atom. The second-order valence-electron chi connectivity index (χ2n) is 7.72. The van der Waals surface area contributed by atoms with Crippen LogP contribution in [0.4, 0.5) is 23.2 Å². The number of benzene rings is 1. The molecule has 1 amide bonds. The largest absolute Gasteiger partial charge is 0.416 e. The molecule has 6 nitrogen and oxygen atoms in total. The predicted octanol–water partition coefficient (Wildman–Crippen LogP) is 4.93. The molecule has 0 saturated heterocycles. The molecule has 32 heavy (non-hydrogen) atoms. The Labute approximate surface area is 180 Å². The van der Waals surface area contributed by atoms with E-state index in [1.165, 1.54) is 36.1 Å². The second-order valence-corrected chi connectivity index (χ2v) is 7.72. The highest BCUT2D eigenvalue weighted by Crippen LogP contribution is 2.39. The highest BCUT2D eigenvalue weighted by molar-refractivity contribution is 6.11. The van der Waals surface area contributed by atoms with Crippen molar-refractivity contribution >= 4 is 17.4 Å². The summed E-state index contributed by atoms with van der Waals surface area (Å²) in [6, 6.07) is 4.25. The lowest BCUT2D eigenvalue weighted by Gasteiger charge is -2.28. The summed E-state index contributed by atoms with van der Waals surface area (Å²) in [6.07, 6.45) is -0.576. The zero-order chi connectivity index (χ0) is 23.2. The number of carbonyl (C=O) groups excluding carboxylic acids is 2. The van der Waals surface area contributed by atoms with Crippen LogP contribution in [0.25, 0.3) is 0 Å². The molecule has 2 atom stereocenters. The normalized spacial score (nSPS) is 18.4. The van der Waals surface area contributed by atoms with Crippen molar-refractivity contribution in [1.82, 2.24) is 14.8 Å². The molecular weight excluding hydrogens is 428 g/mol. The number of carbonyl (C=O) groups is 2. The second kappa shape index (κ2) is 7.85. The van der Waals surface area contributed by atoms with Crippen molar-refractivity contribution in [2.75, 3.05) is 5.32 Å². The molecule has 0 saturated carbocycles. The molecule has 10 heteroatoms. The molecule has 166 valence electrons. The Morgan fingerprint density at radius 2 is 1.84 bits per heavy atom. The van der Waals surface area contributed by atoms with E-state index in [-0.39, 0.29) is 34.3 Å². The Bertz CT molecular complexity index is 1200. The van der Waals surface area contributed by atoms with Crippen LogP contribution < -0.4 is 5.32 Å². The minimum atomic E-state index is -4.47. The van der Waals surface area contributed by atoms with Gasteiger partial charge in [-0.25, -0.2) is 4.39 Å². The predicted molar refractivity (Wildman–Crippen MR) is 107 cm³/mol. The van der Waals surface area contributed by atoms with E-state index in [4.69, 9.17) is 0 Å². The average molecular weight is 446 g/mol. The maximum atomic E-state index is 13.8. The van der Waals surface area contributed by atoms with Crippen molar-refractivity contribution in [2.24, 2.45) is 0 Å². The van der Waals surface area contributed by atoms with E-state index in [9.17, 15) is 27.2 Å². The first-order valence-electron chi connectivity index (χ1n) is 9.78. The number of ketones is 1. The van der Waals surface area contributed by atoms with Gasteiger partial charge in [-0.3, -0.25) is 19.3 Å². The number of hydrogen-bond donors (Lipinski definition) is 1. The van der Waals surface area contributed by atoms with Crippen LogP contribution in [-0.2, 0) is 6.18 Å². The smallest absolute Gasteiger partial charge is 0.319 e. The number of amides is 1. The summed E-state index contributed by atoms with van der Waals surface area (Å²) < 4.78 is 53.9. The first-order valence-corrected chi connectivity index (χ1v) is 9.78. The number of halogens is 4. The number of pyridine rings is 1. The first-order chi connectivity index (χ1) is 15.1. The maximum Gasteiger partial charge on any atom is 0.416 e. The lowest BCUT2D eigenvalue weighted by molar-refractivity contribution is -0.137. The quantitative estimate of drug-likeness (QED) is 0.579. The van der Waals surface area contributed by atoms with Crippen molar-refractivity contribution < 1.29 is 27.2 Å². The van der Waals surface area contributed by atoms with Crippen LogP contribution in [0.5, 0.6) is 0 Å². The van der Waals surface area contributed by atoms with Crippen molar-refractivity contribution in [3.8, 4) is 0 Å². The van der Waals surface area contributed by atoms with Crippen LogP contribution >= 0.6 is 0 Å². The van der Waals surface area contributed by atoms with Gasteiger partial charge in [-0.1, -0.05) is 12.1 Å². The minimum Gasteiger partial charge on any atom is -0.319 e. The summed E-state index contributed by atoms with van der Waals surface area (Å²) >= 11 is 0. The van der Waals surface area contributed by atoms with Gasteiger partial charge >= 0.3 is 6.18 Å². The number of hydrogen-bond acceptors (Lipinski definition) is 4. The topological polar surface area (TPSA) is 76.9 Å². The third-order valence-corrected chi connectivity index (χ3v) is 5.63. The van der Waals surface area contributed by atoms with Crippen LogP contribution in [0.15, 0.2) is 42.9 Å². The summed E-state index contributed by atoms with van der Waals surface area (Å²) in [5.74, 6) is -2.35. The van der Waals surface area contributed by atoms with Gasteiger partial charge in [-0.15, -0.1) is 0 Å². The Balaban J connectivity index is 1.65. The summed E-state index contributed by atoms with van der Waals surface area (Å²) in [4.78, 5) is 29.6. The van der Waals surface area contributed by atoms with E-state index in [0.29, 0.717) is 12.0 Å². The van der Waals surface area contributed by atoms with Crippen LogP contribution in [0, 0.1) is 12.7 Å². The van der Waals surface area contributed by atoms with E-state index in [2.05, 4.69) is 15.4 Å². The number of Topliss-reactive ketones (excluding diaryl/α,β-unsaturated/α-hetero) is 1. The fourth-order valence-corrected chi connectivity index (χ4v) is 3.86. The van der Waals surface area contributed by atoms with Crippen molar-refractivity contribution in [3.63, 3.8) is 0 Å². The van der Waals surface area contributed by atoms with Gasteiger partial charge in [-0.05, 0) is 38.0 Å². The van der Waals surface area contributed by atoms with Crippen LogP contribution in [0.2, 0.25) is 0 Å². The third-order valence-electron chi connectivity index (χ3n) is 5.63. The molecule has 3 aromatic rings. The first kappa shape index (κ1) is 21.7. The number of nitrogens with zero attached hydrogens (tertiary/aromatic N) is 3.